The number of hydrogen-bond acceptors (Lipinski definition) is 5. The molecule has 6 heteroatoms. The maximum atomic E-state index is 12.5. The Labute approximate surface area is 166 Å². The molecule has 154 valence electrons. The van der Waals surface area contributed by atoms with Crippen LogP contribution in [0.15, 0.2) is 36.1 Å². The Kier molecular flexibility index (Phi) is 7.89. The third-order valence-corrected chi connectivity index (χ3v) is 5.55. The summed E-state index contributed by atoms with van der Waals surface area (Å²) in [4.78, 5) is 12.5. The lowest BCUT2D eigenvalue weighted by Gasteiger charge is -2.32. The molecular weight excluding hydrogens is 358 g/mol. The molecule has 1 fully saturated rings. The van der Waals surface area contributed by atoms with E-state index >= 15 is 0 Å². The zero-order valence-corrected chi connectivity index (χ0v) is 16.6. The number of ether oxygens (including phenoxy) is 3. The number of allylic oxidation sites excluding steroid dienone is 1. The van der Waals surface area contributed by atoms with Crippen molar-refractivity contribution in [3.8, 4) is 0 Å². The molecule has 1 aliphatic heterocycles. The molecule has 0 aromatic heterocycles. The first kappa shape index (κ1) is 20.8. The van der Waals surface area contributed by atoms with Gasteiger partial charge >= 0.3 is 0 Å². The molecule has 2 aliphatic rings. The van der Waals surface area contributed by atoms with E-state index in [2.05, 4.69) is 5.32 Å². The van der Waals surface area contributed by atoms with E-state index in [1.807, 2.05) is 30.3 Å². The van der Waals surface area contributed by atoms with E-state index in [4.69, 9.17) is 19.3 Å². The molecule has 1 saturated carbocycles. The fourth-order valence-corrected chi connectivity index (χ4v) is 3.94. The molecule has 0 bridgehead atoms. The molecule has 6 nitrogen and oxygen atoms in total. The number of carbonyl (C=O) groups is 1. The van der Waals surface area contributed by atoms with Crippen LogP contribution in [0.25, 0.3) is 0 Å². The molecule has 1 aromatic rings. The summed E-state index contributed by atoms with van der Waals surface area (Å²) in [5, 5.41) is 12.0. The summed E-state index contributed by atoms with van der Waals surface area (Å²) in [7, 11) is 1.61. The van der Waals surface area contributed by atoms with E-state index in [0.29, 0.717) is 37.4 Å². The van der Waals surface area contributed by atoms with Gasteiger partial charge in [-0.25, -0.2) is 0 Å². The molecule has 1 aromatic carbocycles. The van der Waals surface area contributed by atoms with Gasteiger partial charge in [0, 0.05) is 20.1 Å². The van der Waals surface area contributed by atoms with E-state index in [9.17, 15) is 4.79 Å². The van der Waals surface area contributed by atoms with Gasteiger partial charge in [0.05, 0.1) is 19.8 Å². The van der Waals surface area contributed by atoms with Crippen molar-refractivity contribution in [3.05, 3.63) is 47.2 Å². The van der Waals surface area contributed by atoms with Crippen molar-refractivity contribution < 1.29 is 24.1 Å². The zero-order valence-electron chi connectivity index (χ0n) is 16.6. The number of benzene rings is 1. The lowest BCUT2D eigenvalue weighted by molar-refractivity contribution is -0.155. The van der Waals surface area contributed by atoms with Crippen LogP contribution >= 0.6 is 0 Å². The van der Waals surface area contributed by atoms with E-state index in [-0.39, 0.29) is 12.5 Å². The standard InChI is InChI=1S/C22H31NO5/c1-26-11-10-23-22(25)20-12-19(18-4-2-3-5-18)13-21(28-20)27-15-17-8-6-16(14-24)7-9-17/h6-9,12,18-19,21,24H,2-5,10-11,13-15H2,1H3,(H,23,25)/t19-,21+/m0/s1. The number of methoxy groups -OCH3 is 1. The highest BCUT2D eigenvalue weighted by atomic mass is 16.7. The van der Waals surface area contributed by atoms with Gasteiger partial charge in [0.25, 0.3) is 5.91 Å². The predicted octanol–water partition coefficient (Wildman–Crippen LogP) is 2.89. The van der Waals surface area contributed by atoms with Crippen LogP contribution in [-0.4, -0.2) is 37.6 Å². The van der Waals surface area contributed by atoms with Crippen molar-refractivity contribution in [1.82, 2.24) is 5.32 Å². The lowest BCUT2D eigenvalue weighted by Crippen LogP contribution is -2.35. The number of aliphatic hydroxyl groups is 1. The van der Waals surface area contributed by atoms with Gasteiger partial charge in [-0.15, -0.1) is 0 Å². The first-order valence-corrected chi connectivity index (χ1v) is 10.2. The monoisotopic (exact) mass is 389 g/mol. The van der Waals surface area contributed by atoms with Crippen LogP contribution in [0.1, 0.15) is 43.2 Å². The molecule has 0 radical (unpaired) electrons. The van der Waals surface area contributed by atoms with Gasteiger partial charge in [-0.3, -0.25) is 4.79 Å². The largest absolute Gasteiger partial charge is 0.459 e. The van der Waals surface area contributed by atoms with E-state index in [0.717, 1.165) is 17.5 Å². The Bertz CT molecular complexity index is 651. The Morgan fingerprint density at radius 1 is 1.21 bits per heavy atom. The first-order valence-electron chi connectivity index (χ1n) is 10.2. The quantitative estimate of drug-likeness (QED) is 0.635. The van der Waals surface area contributed by atoms with Crippen molar-refractivity contribution in [1.29, 1.82) is 0 Å². The summed E-state index contributed by atoms with van der Waals surface area (Å²) in [6.07, 6.45) is 7.25. The molecule has 0 unspecified atom stereocenters. The van der Waals surface area contributed by atoms with Crippen LogP contribution < -0.4 is 5.32 Å². The third kappa shape index (κ3) is 5.80. The molecule has 2 atom stereocenters. The zero-order chi connectivity index (χ0) is 19.8. The second-order valence-corrected chi connectivity index (χ2v) is 7.56. The van der Waals surface area contributed by atoms with Crippen molar-refractivity contribution in [2.45, 2.75) is 51.6 Å². The highest BCUT2D eigenvalue weighted by Gasteiger charge is 2.33. The summed E-state index contributed by atoms with van der Waals surface area (Å²) in [6.45, 7) is 1.36. The van der Waals surface area contributed by atoms with Gasteiger partial charge < -0.3 is 24.6 Å². The molecule has 1 amide bonds. The van der Waals surface area contributed by atoms with Gasteiger partial charge in [0.15, 0.2) is 5.76 Å². The highest BCUT2D eigenvalue weighted by molar-refractivity contribution is 5.91. The van der Waals surface area contributed by atoms with Crippen molar-refractivity contribution in [2.24, 2.45) is 11.8 Å². The van der Waals surface area contributed by atoms with Gasteiger partial charge in [-0.1, -0.05) is 37.1 Å². The summed E-state index contributed by atoms with van der Waals surface area (Å²) >= 11 is 0. The minimum absolute atomic E-state index is 0.0300. The average Bonchev–Trinajstić information content (AvgIpc) is 3.27. The second kappa shape index (κ2) is 10.6. The Hall–Kier alpha value is -1.89. The molecule has 0 spiro atoms. The molecule has 1 aliphatic carbocycles. The number of nitrogens with one attached hydrogen (secondary N) is 1. The van der Waals surface area contributed by atoms with Crippen molar-refractivity contribution in [2.75, 3.05) is 20.3 Å². The van der Waals surface area contributed by atoms with Crippen LogP contribution in [0.4, 0.5) is 0 Å². The van der Waals surface area contributed by atoms with Crippen LogP contribution in [0, 0.1) is 11.8 Å². The fourth-order valence-electron chi connectivity index (χ4n) is 3.94. The minimum Gasteiger partial charge on any atom is -0.459 e. The Morgan fingerprint density at radius 2 is 1.93 bits per heavy atom. The smallest absolute Gasteiger partial charge is 0.286 e. The third-order valence-electron chi connectivity index (χ3n) is 5.55. The first-order chi connectivity index (χ1) is 13.7. The summed E-state index contributed by atoms with van der Waals surface area (Å²) in [5.41, 5.74) is 1.88. The number of aliphatic hydroxyl groups excluding tert-OH is 1. The number of carbonyl (C=O) groups excluding carboxylic acids is 1. The van der Waals surface area contributed by atoms with E-state index in [1.165, 1.54) is 25.7 Å². The fraction of sp³-hybridized carbons (Fsp3) is 0.591. The summed E-state index contributed by atoms with van der Waals surface area (Å²) in [5.74, 6) is 1.06. The van der Waals surface area contributed by atoms with Crippen LogP contribution in [0.3, 0.4) is 0 Å². The topological polar surface area (TPSA) is 77.0 Å². The number of hydrogen-bond donors (Lipinski definition) is 2. The average molecular weight is 389 g/mol. The van der Waals surface area contributed by atoms with Crippen LogP contribution in [0.2, 0.25) is 0 Å². The maximum absolute atomic E-state index is 12.5. The van der Waals surface area contributed by atoms with Crippen LogP contribution in [-0.2, 0) is 32.2 Å². The van der Waals surface area contributed by atoms with E-state index < -0.39 is 6.29 Å². The normalized spacial score (nSPS) is 22.6. The number of rotatable bonds is 9. The number of amides is 1. The molecule has 1 heterocycles. The lowest BCUT2D eigenvalue weighted by atomic mass is 9.86. The molecule has 0 saturated heterocycles. The maximum Gasteiger partial charge on any atom is 0.286 e. The molecule has 3 rings (SSSR count). The van der Waals surface area contributed by atoms with Gasteiger partial charge in [0.1, 0.15) is 0 Å². The van der Waals surface area contributed by atoms with Crippen molar-refractivity contribution in [3.63, 3.8) is 0 Å². The summed E-state index contributed by atoms with van der Waals surface area (Å²) < 4.78 is 16.9. The van der Waals surface area contributed by atoms with Gasteiger partial charge in [-0.2, -0.15) is 0 Å². The van der Waals surface area contributed by atoms with Gasteiger partial charge in [0.2, 0.25) is 6.29 Å². The Balaban J connectivity index is 1.61. The second-order valence-electron chi connectivity index (χ2n) is 7.56. The van der Waals surface area contributed by atoms with E-state index in [1.54, 1.807) is 7.11 Å². The Morgan fingerprint density at radius 3 is 2.61 bits per heavy atom. The summed E-state index contributed by atoms with van der Waals surface area (Å²) in [6, 6.07) is 7.65. The van der Waals surface area contributed by atoms with Crippen molar-refractivity contribution >= 4 is 5.91 Å². The minimum atomic E-state index is -0.434. The van der Waals surface area contributed by atoms with Crippen LogP contribution in [0.5, 0.6) is 0 Å². The SMILES string of the molecule is COCCNC(=O)C1=C[C@H](C2CCCC2)C[C@H](OCc2ccc(CO)cc2)O1. The highest BCUT2D eigenvalue weighted by Crippen LogP contribution is 2.38. The van der Waals surface area contributed by atoms with Gasteiger partial charge in [-0.05, 0) is 41.9 Å². The molecule has 28 heavy (non-hydrogen) atoms. The predicted molar refractivity (Wildman–Crippen MR) is 105 cm³/mol. The molecule has 2 N–H and O–H groups in total. The molecular formula is C22H31NO5.